The number of allylic oxidation sites excluding steroid dienone is 1. The van der Waals surface area contributed by atoms with E-state index in [4.69, 9.17) is 25.8 Å². The molecule has 1 atom stereocenters. The van der Waals surface area contributed by atoms with Gasteiger partial charge < -0.3 is 14.2 Å². The molecule has 0 amide bonds. The Kier molecular flexibility index (Phi) is 8.71. The number of fused-ring (bicyclic) bond motifs is 1. The number of hydrogen-bond donors (Lipinski definition) is 0. The highest BCUT2D eigenvalue weighted by Crippen LogP contribution is 2.37. The van der Waals surface area contributed by atoms with Gasteiger partial charge >= 0.3 is 5.97 Å². The monoisotopic (exact) mass is 764 g/mol. The summed E-state index contributed by atoms with van der Waals surface area (Å²) in [6, 6.07) is 8.23. The molecule has 37 heavy (non-hydrogen) atoms. The number of benzene rings is 2. The molecule has 7 nitrogen and oxygen atoms in total. The molecule has 2 aromatic carbocycles. The normalized spacial score (nSPS) is 15.5. The maximum atomic E-state index is 13.8. The maximum Gasteiger partial charge on any atom is 0.338 e. The van der Waals surface area contributed by atoms with Crippen molar-refractivity contribution in [3.63, 3.8) is 0 Å². The fraction of sp³-hybridized carbons (Fsp3) is 0.269. The van der Waals surface area contributed by atoms with Crippen molar-refractivity contribution < 1.29 is 19.0 Å². The molecule has 1 aliphatic rings. The summed E-state index contributed by atoms with van der Waals surface area (Å²) in [6.45, 7) is 5.69. The third-order valence-corrected chi connectivity index (χ3v) is 8.41. The lowest BCUT2D eigenvalue weighted by Gasteiger charge is -2.25. The van der Waals surface area contributed by atoms with Crippen molar-refractivity contribution in [1.29, 1.82) is 0 Å². The second-order valence-electron chi connectivity index (χ2n) is 8.44. The molecule has 0 radical (unpaired) electrons. The zero-order chi connectivity index (χ0) is 27.0. The summed E-state index contributed by atoms with van der Waals surface area (Å²) in [7, 11) is 2.83. The second-order valence-corrected chi connectivity index (χ2v) is 12.2. The van der Waals surface area contributed by atoms with Crippen LogP contribution in [0.4, 0.5) is 0 Å². The third-order valence-electron chi connectivity index (χ3n) is 5.59. The van der Waals surface area contributed by atoms with Crippen LogP contribution in [-0.2, 0) is 9.53 Å². The predicted molar refractivity (Wildman–Crippen MR) is 161 cm³/mol. The van der Waals surface area contributed by atoms with Crippen LogP contribution in [0, 0.1) is 7.14 Å². The van der Waals surface area contributed by atoms with Crippen molar-refractivity contribution >= 4 is 80.2 Å². The van der Waals surface area contributed by atoms with Gasteiger partial charge in [0.2, 0.25) is 0 Å². The van der Waals surface area contributed by atoms with Gasteiger partial charge in [0.05, 0.1) is 43.3 Å². The largest absolute Gasteiger partial charge is 0.496 e. The molecule has 0 saturated heterocycles. The smallest absolute Gasteiger partial charge is 0.338 e. The summed E-state index contributed by atoms with van der Waals surface area (Å²) < 4.78 is 20.5. The number of thiazole rings is 1. The first-order valence-corrected chi connectivity index (χ1v) is 14.5. The minimum Gasteiger partial charge on any atom is -0.496 e. The summed E-state index contributed by atoms with van der Waals surface area (Å²) >= 11 is 12.1. The van der Waals surface area contributed by atoms with Crippen molar-refractivity contribution in [3.05, 3.63) is 84.6 Å². The van der Waals surface area contributed by atoms with Crippen LogP contribution in [0.5, 0.6) is 11.5 Å². The molecule has 2 heterocycles. The molecule has 1 aromatic heterocycles. The summed E-state index contributed by atoms with van der Waals surface area (Å²) in [5.74, 6) is 0.735. The zero-order valence-corrected chi connectivity index (χ0v) is 26.5. The predicted octanol–water partition coefficient (Wildman–Crippen LogP) is 5.07. The van der Waals surface area contributed by atoms with Gasteiger partial charge in [0, 0.05) is 10.6 Å². The molecule has 0 unspecified atom stereocenters. The van der Waals surface area contributed by atoms with Gasteiger partial charge in [-0.15, -0.1) is 0 Å². The van der Waals surface area contributed by atoms with E-state index in [0.717, 1.165) is 18.5 Å². The summed E-state index contributed by atoms with van der Waals surface area (Å²) in [4.78, 5) is 31.8. The average molecular weight is 765 g/mol. The quantitative estimate of drug-likeness (QED) is 0.259. The van der Waals surface area contributed by atoms with E-state index in [-0.39, 0.29) is 17.2 Å². The SMILES string of the molecule is COC(=O)C1=C(C)N=c2s/c(=C\c3cc(I)c(OC(C)C)c(I)c3)c(=O)n2[C@@H]1c1cc(Cl)ccc1OC. The number of hydrogen-bond acceptors (Lipinski definition) is 7. The van der Waals surface area contributed by atoms with Gasteiger partial charge in [0.15, 0.2) is 4.80 Å². The van der Waals surface area contributed by atoms with Crippen LogP contribution in [0.3, 0.4) is 0 Å². The second kappa shape index (κ2) is 11.5. The molecule has 0 aliphatic carbocycles. The number of carbonyl (C=O) groups is 1. The summed E-state index contributed by atoms with van der Waals surface area (Å²) in [6.07, 6.45) is 1.88. The van der Waals surface area contributed by atoms with Crippen LogP contribution >= 0.6 is 68.1 Å². The standard InChI is InChI=1S/C26H23ClI2N2O5S/c1-12(2)36-23-17(28)8-14(9-18(23)29)10-20-24(32)31-22(16-11-15(27)6-7-19(16)34-4)21(25(33)35-5)13(3)30-26(31)37-20/h6-12,22H,1-5H3/b20-10-/t22-/m1/s1. The van der Waals surface area contributed by atoms with Gasteiger partial charge in [-0.25, -0.2) is 9.79 Å². The molecule has 11 heteroatoms. The van der Waals surface area contributed by atoms with Gasteiger partial charge in [0.25, 0.3) is 5.56 Å². The Hall–Kier alpha value is -1.90. The number of aromatic nitrogens is 1. The highest BCUT2D eigenvalue weighted by Gasteiger charge is 2.35. The van der Waals surface area contributed by atoms with Crippen LogP contribution < -0.4 is 24.4 Å². The summed E-state index contributed by atoms with van der Waals surface area (Å²) in [5.41, 5.74) is 1.86. The van der Waals surface area contributed by atoms with E-state index in [1.165, 1.54) is 30.1 Å². The van der Waals surface area contributed by atoms with Gasteiger partial charge in [-0.2, -0.15) is 0 Å². The van der Waals surface area contributed by atoms with Crippen molar-refractivity contribution in [3.8, 4) is 11.5 Å². The van der Waals surface area contributed by atoms with Crippen molar-refractivity contribution in [2.75, 3.05) is 14.2 Å². The van der Waals surface area contributed by atoms with Crippen molar-refractivity contribution in [2.45, 2.75) is 32.9 Å². The molecule has 0 spiro atoms. The fourth-order valence-corrected chi connectivity index (χ4v) is 7.37. The highest BCUT2D eigenvalue weighted by atomic mass is 127. The number of methoxy groups -OCH3 is 2. The number of rotatable bonds is 6. The molecule has 0 saturated carbocycles. The first kappa shape index (κ1) is 28.1. The number of halogens is 3. The minimum atomic E-state index is -0.818. The van der Waals surface area contributed by atoms with E-state index in [0.29, 0.717) is 31.4 Å². The van der Waals surface area contributed by atoms with Gasteiger partial charge in [-0.1, -0.05) is 22.9 Å². The molecule has 4 rings (SSSR count). The van der Waals surface area contributed by atoms with Crippen LogP contribution in [0.2, 0.25) is 5.02 Å². The third kappa shape index (κ3) is 5.62. The minimum absolute atomic E-state index is 0.0484. The lowest BCUT2D eigenvalue weighted by Crippen LogP contribution is -2.40. The van der Waals surface area contributed by atoms with Crippen LogP contribution in [0.1, 0.15) is 37.9 Å². The number of carbonyl (C=O) groups excluding carboxylic acids is 1. The molecule has 194 valence electrons. The summed E-state index contributed by atoms with van der Waals surface area (Å²) in [5, 5.41) is 0.449. The molecular formula is C26H23ClI2N2O5S. The van der Waals surface area contributed by atoms with Crippen molar-refractivity contribution in [1.82, 2.24) is 4.57 Å². The van der Waals surface area contributed by atoms with E-state index in [1.807, 2.05) is 32.1 Å². The Morgan fingerprint density at radius 2 is 1.86 bits per heavy atom. The molecule has 0 bridgehead atoms. The maximum absolute atomic E-state index is 13.8. The Morgan fingerprint density at radius 3 is 2.46 bits per heavy atom. The lowest BCUT2D eigenvalue weighted by atomic mass is 9.95. The van der Waals surface area contributed by atoms with Crippen molar-refractivity contribution in [2.24, 2.45) is 4.99 Å². The molecule has 1 aliphatic heterocycles. The molecule has 3 aromatic rings. The van der Waals surface area contributed by atoms with Crippen LogP contribution in [0.25, 0.3) is 6.08 Å². The van der Waals surface area contributed by atoms with E-state index >= 15 is 0 Å². The van der Waals surface area contributed by atoms with E-state index < -0.39 is 12.0 Å². The van der Waals surface area contributed by atoms with E-state index in [2.05, 4.69) is 50.2 Å². The topological polar surface area (TPSA) is 79.1 Å². The number of esters is 1. The van der Waals surface area contributed by atoms with Gasteiger partial charge in [-0.05, 0) is 108 Å². The van der Waals surface area contributed by atoms with E-state index in [1.54, 1.807) is 25.1 Å². The van der Waals surface area contributed by atoms with Crippen LogP contribution in [-0.4, -0.2) is 30.9 Å². The first-order chi connectivity index (χ1) is 17.5. The van der Waals surface area contributed by atoms with Gasteiger partial charge in [-0.3, -0.25) is 9.36 Å². The highest BCUT2D eigenvalue weighted by molar-refractivity contribution is 14.1. The zero-order valence-electron chi connectivity index (χ0n) is 20.6. The van der Waals surface area contributed by atoms with Crippen LogP contribution in [0.15, 0.2) is 51.4 Å². The molecular weight excluding hydrogens is 742 g/mol. The fourth-order valence-electron chi connectivity index (χ4n) is 4.07. The lowest BCUT2D eigenvalue weighted by molar-refractivity contribution is -0.136. The molecule has 0 fully saturated rings. The Labute approximate surface area is 250 Å². The number of nitrogens with zero attached hydrogens (tertiary/aromatic N) is 2. The first-order valence-electron chi connectivity index (χ1n) is 11.2. The Balaban J connectivity index is 1.96. The van der Waals surface area contributed by atoms with Gasteiger partial charge in [0.1, 0.15) is 17.5 Å². The van der Waals surface area contributed by atoms with E-state index in [9.17, 15) is 9.59 Å². The Morgan fingerprint density at radius 1 is 1.19 bits per heavy atom. The Bertz CT molecular complexity index is 1590. The average Bonchev–Trinajstić information content (AvgIpc) is 3.14. The molecule has 0 N–H and O–H groups in total. The number of ether oxygens (including phenoxy) is 3.